The minimum atomic E-state index is -0.386. The van der Waals surface area contributed by atoms with Gasteiger partial charge in [-0.15, -0.1) is 0 Å². The number of nitrogens with zero attached hydrogens (tertiary/aromatic N) is 2. The quantitative estimate of drug-likeness (QED) is 0.857. The molecule has 1 aliphatic heterocycles. The van der Waals surface area contributed by atoms with Gasteiger partial charge in [0, 0.05) is 18.5 Å². The third-order valence-corrected chi connectivity index (χ3v) is 3.29. The molecule has 0 saturated carbocycles. The van der Waals surface area contributed by atoms with E-state index in [0.717, 1.165) is 5.39 Å². The lowest BCUT2D eigenvalue weighted by molar-refractivity contribution is -0.129. The van der Waals surface area contributed by atoms with Crippen molar-refractivity contribution in [3.63, 3.8) is 0 Å². The fourth-order valence-corrected chi connectivity index (χ4v) is 2.29. The van der Waals surface area contributed by atoms with E-state index >= 15 is 0 Å². The van der Waals surface area contributed by atoms with Gasteiger partial charge in [-0.25, -0.2) is 0 Å². The van der Waals surface area contributed by atoms with Crippen molar-refractivity contribution in [3.05, 3.63) is 30.0 Å². The number of carbonyl (C=O) groups excluding carboxylic acids is 1. The Labute approximate surface area is 104 Å². The molecule has 0 spiro atoms. The van der Waals surface area contributed by atoms with E-state index in [0.29, 0.717) is 30.8 Å². The van der Waals surface area contributed by atoms with E-state index < -0.39 is 0 Å². The highest BCUT2D eigenvalue weighted by Gasteiger charge is 2.25. The Morgan fingerprint density at radius 3 is 3.11 bits per heavy atom. The third-order valence-electron chi connectivity index (χ3n) is 3.29. The zero-order chi connectivity index (χ0) is 12.5. The Kier molecular flexibility index (Phi) is 2.76. The maximum Gasteiger partial charge on any atom is 0.228 e. The van der Waals surface area contributed by atoms with E-state index in [4.69, 9.17) is 4.52 Å². The first-order valence-electron chi connectivity index (χ1n) is 6.03. The van der Waals surface area contributed by atoms with Crippen molar-refractivity contribution in [1.82, 2.24) is 10.1 Å². The summed E-state index contributed by atoms with van der Waals surface area (Å²) >= 11 is 0. The number of fused-ring (bicyclic) bond motifs is 1. The summed E-state index contributed by atoms with van der Waals surface area (Å²) in [4.78, 5) is 13.7. The first-order chi connectivity index (χ1) is 8.74. The number of likely N-dealkylation sites (tertiary alicyclic amines) is 1. The Hall–Kier alpha value is -1.88. The van der Waals surface area contributed by atoms with Crippen LogP contribution in [0, 0.1) is 0 Å². The average molecular weight is 246 g/mol. The van der Waals surface area contributed by atoms with Crippen LogP contribution in [0.2, 0.25) is 0 Å². The summed E-state index contributed by atoms with van der Waals surface area (Å²) in [6.45, 7) is 1.05. The molecular formula is C13H14N2O3. The summed E-state index contributed by atoms with van der Waals surface area (Å²) in [5.41, 5.74) is 1.36. The number of aromatic nitrogens is 1. The molecular weight excluding hydrogens is 232 g/mol. The fourth-order valence-electron chi connectivity index (χ4n) is 2.29. The van der Waals surface area contributed by atoms with Crippen molar-refractivity contribution in [3.8, 4) is 0 Å². The molecule has 0 radical (unpaired) electrons. The molecule has 2 heterocycles. The van der Waals surface area contributed by atoms with E-state index in [1.54, 1.807) is 4.90 Å². The van der Waals surface area contributed by atoms with Crippen molar-refractivity contribution < 1.29 is 14.4 Å². The third kappa shape index (κ3) is 1.97. The molecule has 0 unspecified atom stereocenters. The van der Waals surface area contributed by atoms with Gasteiger partial charge in [0.1, 0.15) is 5.69 Å². The van der Waals surface area contributed by atoms with Crippen LogP contribution in [0.1, 0.15) is 12.1 Å². The van der Waals surface area contributed by atoms with E-state index in [1.165, 1.54) is 0 Å². The minimum absolute atomic E-state index is 0.00870. The number of hydrogen-bond donors (Lipinski definition) is 1. The monoisotopic (exact) mass is 246 g/mol. The molecule has 0 aliphatic carbocycles. The Morgan fingerprint density at radius 2 is 2.33 bits per heavy atom. The predicted molar refractivity (Wildman–Crippen MR) is 64.9 cm³/mol. The van der Waals surface area contributed by atoms with Crippen molar-refractivity contribution >= 4 is 16.9 Å². The molecule has 94 valence electrons. The van der Waals surface area contributed by atoms with Crippen LogP contribution < -0.4 is 0 Å². The summed E-state index contributed by atoms with van der Waals surface area (Å²) in [5.74, 6) is -0.00870. The summed E-state index contributed by atoms with van der Waals surface area (Å²) in [5, 5.41) is 14.2. The number of amides is 1. The molecule has 2 aromatic rings. The van der Waals surface area contributed by atoms with Gasteiger partial charge in [0.05, 0.1) is 12.5 Å². The SMILES string of the molecule is O=C(Cc1noc2ccccc12)N1CC[C@H](O)C1. The fraction of sp³-hybridized carbons (Fsp3) is 0.385. The molecule has 1 fully saturated rings. The standard InChI is InChI=1S/C13H14N2O3/c16-9-5-6-15(8-9)13(17)7-11-10-3-1-2-4-12(10)18-14-11/h1-4,9,16H,5-8H2/t9-/m0/s1. The molecule has 1 aromatic carbocycles. The molecule has 1 saturated heterocycles. The summed E-state index contributed by atoms with van der Waals surface area (Å²) < 4.78 is 5.16. The van der Waals surface area contributed by atoms with Gasteiger partial charge in [-0.1, -0.05) is 17.3 Å². The Bertz CT molecular complexity index is 578. The second-order valence-corrected chi connectivity index (χ2v) is 4.58. The summed E-state index contributed by atoms with van der Waals surface area (Å²) in [7, 11) is 0. The highest BCUT2D eigenvalue weighted by Crippen LogP contribution is 2.19. The van der Waals surface area contributed by atoms with Crippen LogP contribution in [0.5, 0.6) is 0 Å². The highest BCUT2D eigenvalue weighted by atomic mass is 16.5. The van der Waals surface area contributed by atoms with Crippen LogP contribution >= 0.6 is 0 Å². The molecule has 1 atom stereocenters. The van der Waals surface area contributed by atoms with Crippen molar-refractivity contribution in [2.75, 3.05) is 13.1 Å². The van der Waals surface area contributed by atoms with Crippen LogP contribution in [0.4, 0.5) is 0 Å². The van der Waals surface area contributed by atoms with Crippen LogP contribution in [0.3, 0.4) is 0 Å². The number of aliphatic hydroxyl groups excluding tert-OH is 1. The zero-order valence-electron chi connectivity index (χ0n) is 9.87. The number of aliphatic hydroxyl groups is 1. The van der Waals surface area contributed by atoms with Crippen LogP contribution in [-0.2, 0) is 11.2 Å². The van der Waals surface area contributed by atoms with Gasteiger partial charge in [-0.3, -0.25) is 4.79 Å². The van der Waals surface area contributed by atoms with Gasteiger partial charge in [0.2, 0.25) is 5.91 Å². The number of benzene rings is 1. The van der Waals surface area contributed by atoms with Gasteiger partial charge in [0.15, 0.2) is 5.58 Å². The van der Waals surface area contributed by atoms with Crippen molar-refractivity contribution in [1.29, 1.82) is 0 Å². The maximum atomic E-state index is 12.0. The molecule has 1 aromatic heterocycles. The number of hydrogen-bond acceptors (Lipinski definition) is 4. The summed E-state index contributed by atoms with van der Waals surface area (Å²) in [6, 6.07) is 7.49. The summed E-state index contributed by atoms with van der Waals surface area (Å²) in [6.07, 6.45) is 0.498. The number of carbonyl (C=O) groups is 1. The normalized spacial score (nSPS) is 19.6. The topological polar surface area (TPSA) is 66.6 Å². The van der Waals surface area contributed by atoms with E-state index in [1.807, 2.05) is 24.3 Å². The van der Waals surface area contributed by atoms with Crippen molar-refractivity contribution in [2.24, 2.45) is 0 Å². The number of rotatable bonds is 2. The largest absolute Gasteiger partial charge is 0.391 e. The lowest BCUT2D eigenvalue weighted by Gasteiger charge is -2.14. The molecule has 1 N–H and O–H groups in total. The average Bonchev–Trinajstić information content (AvgIpc) is 2.97. The Balaban J connectivity index is 1.78. The molecule has 18 heavy (non-hydrogen) atoms. The number of β-amino-alcohol motifs (C(OH)–C–C–N with tert-alkyl or cyclic N) is 1. The molecule has 0 bridgehead atoms. The van der Waals surface area contributed by atoms with E-state index in [9.17, 15) is 9.90 Å². The second-order valence-electron chi connectivity index (χ2n) is 4.58. The van der Waals surface area contributed by atoms with E-state index in [-0.39, 0.29) is 18.4 Å². The van der Waals surface area contributed by atoms with Crippen LogP contribution in [0.25, 0.3) is 11.0 Å². The molecule has 5 nitrogen and oxygen atoms in total. The molecule has 3 rings (SSSR count). The minimum Gasteiger partial charge on any atom is -0.391 e. The van der Waals surface area contributed by atoms with Gasteiger partial charge in [-0.2, -0.15) is 0 Å². The first-order valence-corrected chi connectivity index (χ1v) is 6.03. The Morgan fingerprint density at radius 1 is 1.50 bits per heavy atom. The van der Waals surface area contributed by atoms with Gasteiger partial charge >= 0.3 is 0 Å². The zero-order valence-corrected chi connectivity index (χ0v) is 9.87. The predicted octanol–water partition coefficient (Wildman–Crippen LogP) is 0.964. The first kappa shape index (κ1) is 11.2. The van der Waals surface area contributed by atoms with Gasteiger partial charge in [0.25, 0.3) is 0 Å². The number of para-hydroxylation sites is 1. The molecule has 5 heteroatoms. The van der Waals surface area contributed by atoms with Gasteiger partial charge < -0.3 is 14.5 Å². The van der Waals surface area contributed by atoms with Crippen molar-refractivity contribution in [2.45, 2.75) is 18.9 Å². The van der Waals surface area contributed by atoms with Crippen LogP contribution in [0.15, 0.2) is 28.8 Å². The van der Waals surface area contributed by atoms with Crippen LogP contribution in [-0.4, -0.2) is 40.3 Å². The molecule has 1 amide bonds. The van der Waals surface area contributed by atoms with E-state index in [2.05, 4.69) is 5.16 Å². The highest BCUT2D eigenvalue weighted by molar-refractivity contribution is 5.86. The molecule has 1 aliphatic rings. The lowest BCUT2D eigenvalue weighted by atomic mass is 10.1. The second kappa shape index (κ2) is 4.42. The lowest BCUT2D eigenvalue weighted by Crippen LogP contribution is -2.30. The van der Waals surface area contributed by atoms with Gasteiger partial charge in [-0.05, 0) is 18.6 Å². The smallest absolute Gasteiger partial charge is 0.228 e. The maximum absolute atomic E-state index is 12.0.